The van der Waals surface area contributed by atoms with Crippen LogP contribution in [-0.2, 0) is 4.79 Å². The fraction of sp³-hybridized carbons (Fsp3) is 0.500. The maximum atomic E-state index is 12.0. The predicted octanol–water partition coefficient (Wildman–Crippen LogP) is 1.27. The predicted molar refractivity (Wildman–Crippen MR) is 79.8 cm³/mol. The molecule has 0 radical (unpaired) electrons. The van der Waals surface area contributed by atoms with Crippen molar-refractivity contribution in [1.29, 1.82) is 0 Å². The highest BCUT2D eigenvalue weighted by Gasteiger charge is 2.19. The van der Waals surface area contributed by atoms with Gasteiger partial charge < -0.3 is 19.3 Å². The molecule has 0 unspecified atom stereocenters. The molecule has 0 N–H and O–H groups in total. The van der Waals surface area contributed by atoms with Crippen molar-refractivity contribution in [3.05, 3.63) is 24.3 Å². The van der Waals surface area contributed by atoms with Crippen molar-refractivity contribution < 1.29 is 14.3 Å². The fourth-order valence-corrected chi connectivity index (χ4v) is 1.96. The molecule has 20 heavy (non-hydrogen) atoms. The van der Waals surface area contributed by atoms with E-state index in [4.69, 9.17) is 9.47 Å². The first kappa shape index (κ1) is 16.6. The van der Waals surface area contributed by atoms with Gasteiger partial charge in [-0.05, 0) is 31.3 Å². The van der Waals surface area contributed by atoms with Crippen LogP contribution in [-0.4, -0.2) is 62.7 Å². The average molecular weight is 301 g/mol. The van der Waals surface area contributed by atoms with Crippen LogP contribution in [0.3, 0.4) is 0 Å². The molecule has 6 heteroatoms. The number of hydrogen-bond acceptors (Lipinski definition) is 4. The summed E-state index contributed by atoms with van der Waals surface area (Å²) in [6.45, 7) is 3.50. The zero-order valence-electron chi connectivity index (χ0n) is 11.9. The molecule has 0 bridgehead atoms. The van der Waals surface area contributed by atoms with Crippen molar-refractivity contribution >= 4 is 18.3 Å². The molecule has 1 amide bonds. The lowest BCUT2D eigenvalue weighted by atomic mass is 10.3. The number of methoxy groups -OCH3 is 1. The molecule has 0 aromatic heterocycles. The van der Waals surface area contributed by atoms with Gasteiger partial charge in [0.15, 0.2) is 6.61 Å². The van der Waals surface area contributed by atoms with E-state index in [1.165, 1.54) is 0 Å². The summed E-state index contributed by atoms with van der Waals surface area (Å²) in [5, 5.41) is 0. The van der Waals surface area contributed by atoms with Crippen molar-refractivity contribution in [2.75, 3.05) is 46.9 Å². The molecule has 1 aromatic rings. The third-order valence-electron chi connectivity index (χ3n) is 3.28. The minimum Gasteiger partial charge on any atom is -0.497 e. The van der Waals surface area contributed by atoms with Crippen LogP contribution in [0.1, 0.15) is 0 Å². The number of hydrogen-bond donors (Lipinski definition) is 0. The van der Waals surface area contributed by atoms with Crippen LogP contribution in [0.4, 0.5) is 0 Å². The number of likely N-dealkylation sites (N-methyl/N-ethyl adjacent to an activating group) is 1. The van der Waals surface area contributed by atoms with Gasteiger partial charge in [0, 0.05) is 26.2 Å². The highest BCUT2D eigenvalue weighted by Crippen LogP contribution is 2.17. The quantitative estimate of drug-likeness (QED) is 0.840. The van der Waals surface area contributed by atoms with E-state index in [9.17, 15) is 4.79 Å². The molecule has 5 nitrogen and oxygen atoms in total. The summed E-state index contributed by atoms with van der Waals surface area (Å²) in [6, 6.07) is 7.23. The first-order valence-corrected chi connectivity index (χ1v) is 6.42. The number of ether oxygens (including phenoxy) is 2. The van der Waals surface area contributed by atoms with Gasteiger partial charge in [0.05, 0.1) is 7.11 Å². The molecule has 1 saturated heterocycles. The molecular weight excluding hydrogens is 280 g/mol. The lowest BCUT2D eigenvalue weighted by Crippen LogP contribution is -2.48. The van der Waals surface area contributed by atoms with E-state index >= 15 is 0 Å². The Morgan fingerprint density at radius 3 is 2.20 bits per heavy atom. The number of halogens is 1. The Balaban J connectivity index is 0.00000200. The van der Waals surface area contributed by atoms with Crippen LogP contribution in [0, 0.1) is 0 Å². The van der Waals surface area contributed by atoms with E-state index < -0.39 is 0 Å². The number of piperazine rings is 1. The number of amides is 1. The van der Waals surface area contributed by atoms with E-state index in [2.05, 4.69) is 11.9 Å². The Kier molecular flexibility index (Phi) is 6.61. The van der Waals surface area contributed by atoms with E-state index in [0.29, 0.717) is 5.75 Å². The summed E-state index contributed by atoms with van der Waals surface area (Å²) < 4.78 is 10.6. The molecule has 1 aliphatic rings. The topological polar surface area (TPSA) is 42.0 Å². The second kappa shape index (κ2) is 7.97. The van der Waals surface area contributed by atoms with Crippen molar-refractivity contribution in [2.45, 2.75) is 0 Å². The molecule has 1 aromatic carbocycles. The zero-order chi connectivity index (χ0) is 13.7. The summed E-state index contributed by atoms with van der Waals surface area (Å²) in [4.78, 5) is 16.0. The minimum absolute atomic E-state index is 0. The Morgan fingerprint density at radius 1 is 1.10 bits per heavy atom. The average Bonchev–Trinajstić information content (AvgIpc) is 2.46. The summed E-state index contributed by atoms with van der Waals surface area (Å²) in [5.41, 5.74) is 0. The third-order valence-corrected chi connectivity index (χ3v) is 3.28. The maximum absolute atomic E-state index is 12.0. The molecule has 0 saturated carbocycles. The number of nitrogens with zero attached hydrogens (tertiary/aromatic N) is 2. The van der Waals surface area contributed by atoms with Gasteiger partial charge in [0.2, 0.25) is 0 Å². The Labute approximate surface area is 125 Å². The van der Waals surface area contributed by atoms with E-state index in [-0.39, 0.29) is 24.9 Å². The highest BCUT2D eigenvalue weighted by atomic mass is 35.5. The summed E-state index contributed by atoms with van der Waals surface area (Å²) in [7, 11) is 3.68. The maximum Gasteiger partial charge on any atom is 0.260 e. The van der Waals surface area contributed by atoms with Gasteiger partial charge in [-0.1, -0.05) is 0 Å². The molecular formula is C14H21ClN2O3. The van der Waals surface area contributed by atoms with Gasteiger partial charge in [-0.25, -0.2) is 0 Å². The molecule has 0 aliphatic carbocycles. The van der Waals surface area contributed by atoms with Crippen molar-refractivity contribution in [1.82, 2.24) is 9.80 Å². The van der Waals surface area contributed by atoms with Crippen LogP contribution in [0.15, 0.2) is 24.3 Å². The van der Waals surface area contributed by atoms with Crippen LogP contribution in [0.2, 0.25) is 0 Å². The standard InChI is InChI=1S/C14H20N2O3.ClH/c1-15-7-9-16(10-8-15)14(17)11-19-13-5-3-12(18-2)4-6-13;/h3-6H,7-11H2,1-2H3;1H. The smallest absolute Gasteiger partial charge is 0.260 e. The molecule has 1 heterocycles. The lowest BCUT2D eigenvalue weighted by Gasteiger charge is -2.32. The molecule has 1 aliphatic heterocycles. The number of carbonyl (C=O) groups is 1. The second-order valence-electron chi connectivity index (χ2n) is 4.65. The molecule has 1 fully saturated rings. The van der Waals surface area contributed by atoms with Gasteiger partial charge in [-0.15, -0.1) is 12.4 Å². The van der Waals surface area contributed by atoms with Crippen LogP contribution in [0.25, 0.3) is 0 Å². The fourth-order valence-electron chi connectivity index (χ4n) is 1.96. The van der Waals surface area contributed by atoms with Crippen LogP contribution < -0.4 is 9.47 Å². The van der Waals surface area contributed by atoms with Crippen LogP contribution >= 0.6 is 12.4 Å². The number of rotatable bonds is 4. The van der Waals surface area contributed by atoms with E-state index in [1.807, 2.05) is 17.0 Å². The van der Waals surface area contributed by atoms with Crippen LogP contribution in [0.5, 0.6) is 11.5 Å². The van der Waals surface area contributed by atoms with Crippen molar-refractivity contribution in [3.8, 4) is 11.5 Å². The number of carbonyl (C=O) groups excluding carboxylic acids is 1. The molecule has 0 atom stereocenters. The van der Waals surface area contributed by atoms with Gasteiger partial charge in [-0.2, -0.15) is 0 Å². The van der Waals surface area contributed by atoms with Gasteiger partial charge in [0.1, 0.15) is 11.5 Å². The lowest BCUT2D eigenvalue weighted by molar-refractivity contribution is -0.134. The second-order valence-corrected chi connectivity index (χ2v) is 4.65. The Hall–Kier alpha value is -1.46. The van der Waals surface area contributed by atoms with E-state index in [0.717, 1.165) is 31.9 Å². The van der Waals surface area contributed by atoms with Crippen molar-refractivity contribution in [3.63, 3.8) is 0 Å². The SMILES string of the molecule is COc1ccc(OCC(=O)N2CCN(C)CC2)cc1.Cl. The molecule has 112 valence electrons. The largest absolute Gasteiger partial charge is 0.497 e. The normalized spacial score (nSPS) is 15.4. The van der Waals surface area contributed by atoms with E-state index in [1.54, 1.807) is 19.2 Å². The monoisotopic (exact) mass is 300 g/mol. The van der Waals surface area contributed by atoms with Gasteiger partial charge in [-0.3, -0.25) is 4.79 Å². The Bertz CT molecular complexity index is 417. The highest BCUT2D eigenvalue weighted by molar-refractivity contribution is 5.85. The number of benzene rings is 1. The summed E-state index contributed by atoms with van der Waals surface area (Å²) in [5.74, 6) is 1.50. The first-order valence-electron chi connectivity index (χ1n) is 6.42. The van der Waals surface area contributed by atoms with Gasteiger partial charge >= 0.3 is 0 Å². The summed E-state index contributed by atoms with van der Waals surface area (Å²) >= 11 is 0. The molecule has 2 rings (SSSR count). The Morgan fingerprint density at radius 2 is 1.65 bits per heavy atom. The first-order chi connectivity index (χ1) is 9.19. The summed E-state index contributed by atoms with van der Waals surface area (Å²) in [6.07, 6.45) is 0. The zero-order valence-corrected chi connectivity index (χ0v) is 12.7. The van der Waals surface area contributed by atoms with Crippen molar-refractivity contribution in [2.24, 2.45) is 0 Å². The molecule has 0 spiro atoms. The third kappa shape index (κ3) is 4.58. The van der Waals surface area contributed by atoms with Gasteiger partial charge in [0.25, 0.3) is 5.91 Å². The minimum atomic E-state index is 0.